The standard InChI is InChI=1S/C18H18F2N2O4S/c1-11(23)22-10-18(2,3)26-16-8-7-12(9-15(16)22)27(24,25)21-17-13(19)5-4-6-14(17)20/h4-9,21H,10H2,1-3H3. The number of carbonyl (C=O) groups excluding carboxylic acids is 1. The number of hydrogen-bond donors (Lipinski definition) is 1. The number of amides is 1. The molecule has 1 amide bonds. The first-order valence-corrected chi connectivity index (χ1v) is 9.56. The number of benzene rings is 2. The fraction of sp³-hybridized carbons (Fsp3) is 0.278. The highest BCUT2D eigenvalue weighted by atomic mass is 32.2. The molecule has 0 bridgehead atoms. The number of anilines is 2. The number of sulfonamides is 1. The predicted octanol–water partition coefficient (Wildman–Crippen LogP) is 3.29. The number of nitrogens with one attached hydrogen (secondary N) is 1. The van der Waals surface area contributed by atoms with Crippen LogP contribution < -0.4 is 14.4 Å². The third-order valence-corrected chi connectivity index (χ3v) is 5.38. The molecule has 144 valence electrons. The van der Waals surface area contributed by atoms with E-state index in [-0.39, 0.29) is 23.0 Å². The SMILES string of the molecule is CC(=O)N1CC(C)(C)Oc2ccc(S(=O)(=O)Nc3c(F)cccc3F)cc21. The monoisotopic (exact) mass is 396 g/mol. The highest BCUT2D eigenvalue weighted by molar-refractivity contribution is 7.92. The van der Waals surface area contributed by atoms with Crippen LogP contribution in [0.1, 0.15) is 20.8 Å². The van der Waals surface area contributed by atoms with Crippen LogP contribution in [-0.2, 0) is 14.8 Å². The van der Waals surface area contributed by atoms with Crippen molar-refractivity contribution in [3.63, 3.8) is 0 Å². The first-order valence-electron chi connectivity index (χ1n) is 8.08. The summed E-state index contributed by atoms with van der Waals surface area (Å²) in [6, 6.07) is 6.93. The van der Waals surface area contributed by atoms with Gasteiger partial charge in [0.2, 0.25) is 5.91 Å². The lowest BCUT2D eigenvalue weighted by atomic mass is 10.1. The van der Waals surface area contributed by atoms with Crippen LogP contribution in [0.25, 0.3) is 0 Å². The Bertz CT molecular complexity index is 1000. The largest absolute Gasteiger partial charge is 0.484 e. The molecule has 6 nitrogen and oxygen atoms in total. The Morgan fingerprint density at radius 2 is 1.81 bits per heavy atom. The molecule has 0 unspecified atom stereocenters. The van der Waals surface area contributed by atoms with E-state index in [1.54, 1.807) is 13.8 Å². The van der Waals surface area contributed by atoms with Crippen LogP contribution in [-0.4, -0.2) is 26.5 Å². The molecule has 1 aliphatic rings. The molecule has 2 aromatic rings. The second kappa shape index (κ2) is 6.49. The van der Waals surface area contributed by atoms with E-state index in [9.17, 15) is 22.0 Å². The summed E-state index contributed by atoms with van der Waals surface area (Å²) in [6.07, 6.45) is 0. The fourth-order valence-electron chi connectivity index (χ4n) is 2.83. The van der Waals surface area contributed by atoms with Crippen molar-refractivity contribution in [2.45, 2.75) is 31.3 Å². The zero-order chi connectivity index (χ0) is 20.0. The number of rotatable bonds is 3. The lowest BCUT2D eigenvalue weighted by Crippen LogP contribution is -2.48. The van der Waals surface area contributed by atoms with Crippen LogP contribution in [0.4, 0.5) is 20.2 Å². The molecule has 27 heavy (non-hydrogen) atoms. The van der Waals surface area contributed by atoms with Crippen LogP contribution in [0.5, 0.6) is 5.75 Å². The summed E-state index contributed by atoms with van der Waals surface area (Å²) in [5.74, 6) is -2.01. The zero-order valence-electron chi connectivity index (χ0n) is 14.9. The van der Waals surface area contributed by atoms with Crippen molar-refractivity contribution >= 4 is 27.3 Å². The summed E-state index contributed by atoms with van der Waals surface area (Å²) in [7, 11) is -4.29. The van der Waals surface area contributed by atoms with Gasteiger partial charge in [-0.2, -0.15) is 0 Å². The Morgan fingerprint density at radius 3 is 2.41 bits per heavy atom. The number of halogens is 2. The number of fused-ring (bicyclic) bond motifs is 1. The van der Waals surface area contributed by atoms with Gasteiger partial charge in [-0.05, 0) is 44.2 Å². The van der Waals surface area contributed by atoms with Gasteiger partial charge in [0.05, 0.1) is 17.1 Å². The van der Waals surface area contributed by atoms with Crippen molar-refractivity contribution in [1.29, 1.82) is 0 Å². The van der Waals surface area contributed by atoms with Gasteiger partial charge < -0.3 is 9.64 Å². The van der Waals surface area contributed by atoms with Gasteiger partial charge in [0.1, 0.15) is 28.7 Å². The van der Waals surface area contributed by atoms with Gasteiger partial charge in [0.25, 0.3) is 10.0 Å². The Kier molecular flexibility index (Phi) is 4.59. The molecular formula is C18H18F2N2O4S. The number of carbonyl (C=O) groups is 1. The van der Waals surface area contributed by atoms with Crippen molar-refractivity contribution in [3.05, 3.63) is 48.0 Å². The summed E-state index contributed by atoms with van der Waals surface area (Å²) in [4.78, 5) is 13.1. The van der Waals surface area contributed by atoms with Gasteiger partial charge >= 0.3 is 0 Å². The highest BCUT2D eigenvalue weighted by Gasteiger charge is 2.34. The van der Waals surface area contributed by atoms with E-state index in [0.717, 1.165) is 18.2 Å². The molecule has 0 aromatic heterocycles. The normalized spacial score (nSPS) is 15.7. The van der Waals surface area contributed by atoms with Crippen LogP contribution in [0.3, 0.4) is 0 Å². The van der Waals surface area contributed by atoms with E-state index in [4.69, 9.17) is 4.74 Å². The zero-order valence-corrected chi connectivity index (χ0v) is 15.7. The smallest absolute Gasteiger partial charge is 0.262 e. The van der Waals surface area contributed by atoms with Crippen LogP contribution >= 0.6 is 0 Å². The van der Waals surface area contributed by atoms with E-state index < -0.39 is 32.9 Å². The Hall–Kier alpha value is -2.68. The predicted molar refractivity (Wildman–Crippen MR) is 96.3 cm³/mol. The fourth-order valence-corrected chi connectivity index (χ4v) is 3.92. The molecular weight excluding hydrogens is 378 g/mol. The molecule has 1 heterocycles. The molecule has 0 saturated heterocycles. The highest BCUT2D eigenvalue weighted by Crippen LogP contribution is 2.39. The van der Waals surface area contributed by atoms with Gasteiger partial charge in [-0.3, -0.25) is 9.52 Å². The summed E-state index contributed by atoms with van der Waals surface area (Å²) >= 11 is 0. The molecule has 1 N–H and O–H groups in total. The third-order valence-electron chi connectivity index (χ3n) is 4.04. The molecule has 3 rings (SSSR count). The topological polar surface area (TPSA) is 75.7 Å². The minimum atomic E-state index is -4.29. The second-order valence-electron chi connectivity index (χ2n) is 6.80. The van der Waals surface area contributed by atoms with E-state index in [2.05, 4.69) is 0 Å². The Balaban J connectivity index is 2.03. The van der Waals surface area contributed by atoms with Crippen molar-refractivity contribution < 1.29 is 26.7 Å². The first kappa shape index (κ1) is 19.1. The maximum atomic E-state index is 13.8. The van der Waals surface area contributed by atoms with Crippen molar-refractivity contribution in [2.24, 2.45) is 0 Å². The molecule has 2 aromatic carbocycles. The maximum Gasteiger partial charge on any atom is 0.262 e. The van der Waals surface area contributed by atoms with E-state index >= 15 is 0 Å². The first-order chi connectivity index (χ1) is 12.5. The maximum absolute atomic E-state index is 13.8. The molecule has 0 saturated carbocycles. The summed E-state index contributed by atoms with van der Waals surface area (Å²) in [6.45, 7) is 5.20. The lowest BCUT2D eigenvalue weighted by molar-refractivity contribution is -0.117. The molecule has 9 heteroatoms. The van der Waals surface area contributed by atoms with Crippen LogP contribution in [0, 0.1) is 11.6 Å². The average molecular weight is 396 g/mol. The molecule has 0 fully saturated rings. The number of hydrogen-bond acceptors (Lipinski definition) is 4. The van der Waals surface area contributed by atoms with Crippen LogP contribution in [0.2, 0.25) is 0 Å². The minimum Gasteiger partial charge on any atom is -0.484 e. The molecule has 1 aliphatic heterocycles. The van der Waals surface area contributed by atoms with Gasteiger partial charge in [0, 0.05) is 6.92 Å². The van der Waals surface area contributed by atoms with E-state index in [1.165, 1.54) is 30.0 Å². The average Bonchev–Trinajstić information content (AvgIpc) is 2.56. The quantitative estimate of drug-likeness (QED) is 0.864. The Labute approximate surface area is 155 Å². The summed E-state index contributed by atoms with van der Waals surface area (Å²) < 4.78 is 60.5. The molecule has 0 spiro atoms. The summed E-state index contributed by atoms with van der Waals surface area (Å²) in [5, 5.41) is 0. The van der Waals surface area contributed by atoms with Crippen molar-refractivity contribution in [2.75, 3.05) is 16.2 Å². The molecule has 0 aliphatic carbocycles. The second-order valence-corrected chi connectivity index (χ2v) is 8.48. The molecule has 0 atom stereocenters. The summed E-state index contributed by atoms with van der Waals surface area (Å²) in [5.41, 5.74) is -1.14. The van der Waals surface area contributed by atoms with Crippen molar-refractivity contribution in [3.8, 4) is 5.75 Å². The van der Waals surface area contributed by atoms with Gasteiger partial charge in [-0.25, -0.2) is 17.2 Å². The lowest BCUT2D eigenvalue weighted by Gasteiger charge is -2.39. The number of para-hydroxylation sites is 1. The number of ether oxygens (including phenoxy) is 1. The molecule has 0 radical (unpaired) electrons. The third kappa shape index (κ3) is 3.73. The Morgan fingerprint density at radius 1 is 1.19 bits per heavy atom. The van der Waals surface area contributed by atoms with Crippen LogP contribution in [0.15, 0.2) is 41.3 Å². The van der Waals surface area contributed by atoms with Gasteiger partial charge in [-0.1, -0.05) is 6.07 Å². The number of nitrogens with zero attached hydrogens (tertiary/aromatic N) is 1. The van der Waals surface area contributed by atoms with Gasteiger partial charge in [-0.15, -0.1) is 0 Å². The van der Waals surface area contributed by atoms with E-state index in [1.807, 2.05) is 4.72 Å². The minimum absolute atomic E-state index is 0.230. The van der Waals surface area contributed by atoms with E-state index in [0.29, 0.717) is 5.75 Å². The van der Waals surface area contributed by atoms with Gasteiger partial charge in [0.15, 0.2) is 0 Å². The van der Waals surface area contributed by atoms with Crippen molar-refractivity contribution in [1.82, 2.24) is 0 Å².